The molecule has 1 saturated heterocycles. The van der Waals surface area contributed by atoms with E-state index >= 15 is 0 Å². The third-order valence-corrected chi connectivity index (χ3v) is 4.89. The van der Waals surface area contributed by atoms with Gasteiger partial charge in [-0.2, -0.15) is 0 Å². The van der Waals surface area contributed by atoms with Crippen LogP contribution in [0, 0.1) is 5.82 Å². The molecule has 1 aromatic heterocycles. The summed E-state index contributed by atoms with van der Waals surface area (Å²) in [6.45, 7) is 3.11. The molecule has 6 nitrogen and oxygen atoms in total. The standard InChI is InChI=1S/C23H22FN3O3/c1-29-22-4-2-3-21(26-22)16-13-17(15-18(24)14-16)23(28)25-19-5-7-20(8-6-19)27-9-11-30-12-10-27/h2-8,13-15H,9-12H2,1H3,(H,25,28). The Kier molecular flexibility index (Phi) is 5.90. The first-order chi connectivity index (χ1) is 14.6. The molecule has 7 heteroatoms. The molecule has 154 valence electrons. The van der Waals surface area contributed by atoms with Crippen LogP contribution in [0.1, 0.15) is 10.4 Å². The van der Waals surface area contributed by atoms with Gasteiger partial charge in [-0.3, -0.25) is 4.79 Å². The van der Waals surface area contributed by atoms with E-state index in [0.717, 1.165) is 18.8 Å². The lowest BCUT2D eigenvalue weighted by atomic mass is 10.1. The monoisotopic (exact) mass is 407 g/mol. The highest BCUT2D eigenvalue weighted by molar-refractivity contribution is 6.05. The fourth-order valence-electron chi connectivity index (χ4n) is 3.34. The van der Waals surface area contributed by atoms with E-state index in [2.05, 4.69) is 15.2 Å². The SMILES string of the molecule is COc1cccc(-c2cc(F)cc(C(=O)Nc3ccc(N4CCOCC4)cc3)c2)n1. The smallest absolute Gasteiger partial charge is 0.255 e. The molecular formula is C23H22FN3O3. The van der Waals surface area contributed by atoms with Gasteiger partial charge in [0.15, 0.2) is 0 Å². The van der Waals surface area contributed by atoms with Crippen molar-refractivity contribution in [3.63, 3.8) is 0 Å². The molecule has 0 spiro atoms. The highest BCUT2D eigenvalue weighted by Gasteiger charge is 2.13. The molecule has 4 rings (SSSR count). The zero-order valence-corrected chi connectivity index (χ0v) is 16.6. The number of amides is 1. The van der Waals surface area contributed by atoms with E-state index < -0.39 is 11.7 Å². The van der Waals surface area contributed by atoms with Crippen molar-refractivity contribution in [2.75, 3.05) is 43.6 Å². The number of morpholine rings is 1. The van der Waals surface area contributed by atoms with Crippen LogP contribution >= 0.6 is 0 Å². The minimum Gasteiger partial charge on any atom is -0.481 e. The zero-order valence-electron chi connectivity index (χ0n) is 16.6. The van der Waals surface area contributed by atoms with Crippen molar-refractivity contribution in [2.24, 2.45) is 0 Å². The molecule has 2 aromatic carbocycles. The summed E-state index contributed by atoms with van der Waals surface area (Å²) in [6, 6.07) is 17.0. The molecule has 0 bridgehead atoms. The second-order valence-electron chi connectivity index (χ2n) is 6.89. The summed E-state index contributed by atoms with van der Waals surface area (Å²) >= 11 is 0. The summed E-state index contributed by atoms with van der Waals surface area (Å²) in [7, 11) is 1.51. The number of benzene rings is 2. The number of carbonyl (C=O) groups excluding carboxylic acids is 1. The topological polar surface area (TPSA) is 63.7 Å². The lowest BCUT2D eigenvalue weighted by Gasteiger charge is -2.28. The summed E-state index contributed by atoms with van der Waals surface area (Å²) in [5, 5.41) is 2.82. The minimum atomic E-state index is -0.509. The van der Waals surface area contributed by atoms with Crippen molar-refractivity contribution < 1.29 is 18.7 Å². The van der Waals surface area contributed by atoms with Gasteiger partial charge in [0.2, 0.25) is 5.88 Å². The van der Waals surface area contributed by atoms with Crippen LogP contribution in [-0.2, 0) is 4.74 Å². The molecule has 0 saturated carbocycles. The second kappa shape index (κ2) is 8.92. The van der Waals surface area contributed by atoms with Crippen molar-refractivity contribution in [3.05, 3.63) is 72.0 Å². The quantitative estimate of drug-likeness (QED) is 0.693. The Morgan fingerprint density at radius 1 is 1.10 bits per heavy atom. The number of aromatic nitrogens is 1. The van der Waals surface area contributed by atoms with Gasteiger partial charge in [0, 0.05) is 41.7 Å². The van der Waals surface area contributed by atoms with Crippen LogP contribution < -0.4 is 15.0 Å². The van der Waals surface area contributed by atoms with Crippen molar-refractivity contribution in [3.8, 4) is 17.1 Å². The largest absolute Gasteiger partial charge is 0.481 e. The van der Waals surface area contributed by atoms with Crippen molar-refractivity contribution >= 4 is 17.3 Å². The fourth-order valence-corrected chi connectivity index (χ4v) is 3.34. The number of nitrogens with one attached hydrogen (secondary N) is 1. The maximum absolute atomic E-state index is 14.2. The first kappa shape index (κ1) is 19.8. The van der Waals surface area contributed by atoms with Gasteiger partial charge in [0.1, 0.15) is 5.82 Å². The molecule has 3 aromatic rings. The van der Waals surface area contributed by atoms with Gasteiger partial charge in [-0.05, 0) is 48.5 Å². The molecule has 1 N–H and O–H groups in total. The van der Waals surface area contributed by atoms with Crippen molar-refractivity contribution in [2.45, 2.75) is 0 Å². The molecule has 0 aliphatic carbocycles. The number of anilines is 2. The van der Waals surface area contributed by atoms with Gasteiger partial charge in [0.25, 0.3) is 5.91 Å². The molecule has 2 heterocycles. The Labute approximate surface area is 174 Å². The Balaban J connectivity index is 1.51. The number of carbonyl (C=O) groups is 1. The number of halogens is 1. The fraction of sp³-hybridized carbons (Fsp3) is 0.217. The molecule has 1 aliphatic heterocycles. The summed E-state index contributed by atoms with van der Waals surface area (Å²) in [5.74, 6) is -0.481. The Morgan fingerprint density at radius 2 is 1.87 bits per heavy atom. The number of rotatable bonds is 5. The van der Waals surface area contributed by atoms with E-state index in [-0.39, 0.29) is 5.56 Å². The number of hydrogen-bond acceptors (Lipinski definition) is 5. The lowest BCUT2D eigenvalue weighted by molar-refractivity contribution is 0.102. The third kappa shape index (κ3) is 4.58. The maximum Gasteiger partial charge on any atom is 0.255 e. The summed E-state index contributed by atoms with van der Waals surface area (Å²) in [4.78, 5) is 19.2. The molecule has 0 unspecified atom stereocenters. The molecule has 0 radical (unpaired) electrons. The van der Waals surface area contributed by atoms with E-state index in [9.17, 15) is 9.18 Å². The van der Waals surface area contributed by atoms with E-state index in [4.69, 9.17) is 9.47 Å². The molecule has 0 atom stereocenters. The maximum atomic E-state index is 14.2. The molecule has 30 heavy (non-hydrogen) atoms. The summed E-state index contributed by atoms with van der Waals surface area (Å²) in [5.41, 5.74) is 2.96. The van der Waals surface area contributed by atoms with Crippen molar-refractivity contribution in [1.82, 2.24) is 4.98 Å². The number of methoxy groups -OCH3 is 1. The van der Waals surface area contributed by atoms with Crippen LogP contribution in [0.3, 0.4) is 0 Å². The highest BCUT2D eigenvalue weighted by atomic mass is 19.1. The van der Waals surface area contributed by atoms with Gasteiger partial charge in [-0.15, -0.1) is 0 Å². The Bertz CT molecular complexity index is 1030. The van der Waals surface area contributed by atoms with E-state index in [1.54, 1.807) is 24.3 Å². The minimum absolute atomic E-state index is 0.215. The van der Waals surface area contributed by atoms with Crippen LogP contribution in [0.15, 0.2) is 60.7 Å². The summed E-state index contributed by atoms with van der Waals surface area (Å²) < 4.78 is 24.7. The number of hydrogen-bond donors (Lipinski definition) is 1. The van der Waals surface area contributed by atoms with Crippen LogP contribution in [0.5, 0.6) is 5.88 Å². The third-order valence-electron chi connectivity index (χ3n) is 4.89. The normalized spacial score (nSPS) is 13.7. The van der Waals surface area contributed by atoms with Crippen LogP contribution in [0.2, 0.25) is 0 Å². The molecule has 1 aliphatic rings. The summed E-state index contributed by atoms with van der Waals surface area (Å²) in [6.07, 6.45) is 0. The van der Waals surface area contributed by atoms with Gasteiger partial charge in [0.05, 0.1) is 26.0 Å². The predicted molar refractivity (Wildman–Crippen MR) is 114 cm³/mol. The number of nitrogens with zero attached hydrogens (tertiary/aromatic N) is 2. The van der Waals surface area contributed by atoms with Gasteiger partial charge < -0.3 is 19.7 Å². The van der Waals surface area contributed by atoms with E-state index in [0.29, 0.717) is 36.0 Å². The predicted octanol–water partition coefficient (Wildman–Crippen LogP) is 3.99. The Hall–Kier alpha value is -3.45. The molecule has 1 amide bonds. The average molecular weight is 407 g/mol. The lowest BCUT2D eigenvalue weighted by Crippen LogP contribution is -2.36. The van der Waals surface area contributed by atoms with Gasteiger partial charge in [-0.1, -0.05) is 6.07 Å². The number of ether oxygens (including phenoxy) is 2. The van der Waals surface area contributed by atoms with Crippen LogP contribution in [0.4, 0.5) is 15.8 Å². The molecular weight excluding hydrogens is 385 g/mol. The van der Waals surface area contributed by atoms with E-state index in [1.807, 2.05) is 24.3 Å². The molecule has 1 fully saturated rings. The van der Waals surface area contributed by atoms with Gasteiger partial charge in [-0.25, -0.2) is 9.37 Å². The number of pyridine rings is 1. The van der Waals surface area contributed by atoms with Crippen LogP contribution in [-0.4, -0.2) is 44.3 Å². The van der Waals surface area contributed by atoms with Crippen molar-refractivity contribution in [1.29, 1.82) is 0 Å². The van der Waals surface area contributed by atoms with Gasteiger partial charge >= 0.3 is 0 Å². The van der Waals surface area contributed by atoms with Crippen LogP contribution in [0.25, 0.3) is 11.3 Å². The zero-order chi connectivity index (χ0) is 20.9. The van der Waals surface area contributed by atoms with E-state index in [1.165, 1.54) is 19.2 Å². The first-order valence-electron chi connectivity index (χ1n) is 9.68. The average Bonchev–Trinajstić information content (AvgIpc) is 2.80. The second-order valence-corrected chi connectivity index (χ2v) is 6.89. The highest BCUT2D eigenvalue weighted by Crippen LogP contribution is 2.24. The Morgan fingerprint density at radius 3 is 2.60 bits per heavy atom. The first-order valence-corrected chi connectivity index (χ1v) is 9.68.